The molecule has 1 aliphatic rings. The predicted molar refractivity (Wildman–Crippen MR) is 90.4 cm³/mol. The summed E-state index contributed by atoms with van der Waals surface area (Å²) in [4.78, 5) is 2.44. The lowest BCUT2D eigenvalue weighted by molar-refractivity contribution is 0.0240. The minimum atomic E-state index is -0.230. The molecule has 1 saturated heterocycles. The van der Waals surface area contributed by atoms with E-state index in [1.807, 2.05) is 24.3 Å². The highest BCUT2D eigenvalue weighted by Crippen LogP contribution is 2.25. The van der Waals surface area contributed by atoms with Crippen molar-refractivity contribution >= 4 is 5.69 Å². The van der Waals surface area contributed by atoms with E-state index in [0.29, 0.717) is 0 Å². The van der Waals surface area contributed by atoms with Crippen LogP contribution in [0.5, 0.6) is 0 Å². The second kappa shape index (κ2) is 6.95. The second-order valence-corrected chi connectivity index (χ2v) is 6.24. The molecular weight excluding hydrogens is 272 g/mol. The minimum Gasteiger partial charge on any atom is -0.399 e. The molecule has 3 heteroatoms. The number of nitrogens with zero attached hydrogens (tertiary/aromatic N) is 1. The van der Waals surface area contributed by atoms with Gasteiger partial charge in [0, 0.05) is 31.2 Å². The van der Waals surface area contributed by atoms with Gasteiger partial charge in [0.2, 0.25) is 0 Å². The molecule has 2 unspecified atom stereocenters. The normalized spacial score (nSPS) is 22.6. The molecule has 3 nitrogen and oxygen atoms in total. The van der Waals surface area contributed by atoms with Crippen LogP contribution in [0.25, 0.3) is 0 Å². The van der Waals surface area contributed by atoms with Gasteiger partial charge in [-0.05, 0) is 30.0 Å². The number of hydrogen-bond acceptors (Lipinski definition) is 3. The van der Waals surface area contributed by atoms with Crippen molar-refractivity contribution in [2.45, 2.75) is 25.5 Å². The van der Waals surface area contributed by atoms with Gasteiger partial charge in [-0.2, -0.15) is 0 Å². The van der Waals surface area contributed by atoms with E-state index in [-0.39, 0.29) is 12.0 Å². The number of anilines is 1. The zero-order valence-electron chi connectivity index (χ0n) is 12.9. The number of aliphatic hydroxyl groups excluding tert-OH is 1. The van der Waals surface area contributed by atoms with Crippen molar-refractivity contribution in [2.24, 2.45) is 5.92 Å². The van der Waals surface area contributed by atoms with E-state index >= 15 is 0 Å². The highest BCUT2D eigenvalue weighted by atomic mass is 16.3. The Balaban J connectivity index is 1.65. The quantitative estimate of drug-likeness (QED) is 0.853. The first-order valence-corrected chi connectivity index (χ1v) is 8.00. The first kappa shape index (κ1) is 15.1. The summed E-state index contributed by atoms with van der Waals surface area (Å²) in [5.74, 6) is 0.252. The van der Waals surface area contributed by atoms with Crippen LogP contribution >= 0.6 is 0 Å². The number of nitrogen functional groups attached to an aromatic ring is 1. The second-order valence-electron chi connectivity index (χ2n) is 6.24. The monoisotopic (exact) mass is 296 g/mol. The van der Waals surface area contributed by atoms with Crippen molar-refractivity contribution in [2.75, 3.05) is 18.8 Å². The standard InChI is InChI=1S/C19H24N2O/c20-18-9-5-4-8-16(18)12-17-14-21(11-10-19(17)22)13-15-6-2-1-3-7-15/h1-9,17,19,22H,10-14,20H2. The fourth-order valence-corrected chi connectivity index (χ4v) is 3.28. The van der Waals surface area contributed by atoms with Crippen molar-refractivity contribution in [3.8, 4) is 0 Å². The summed E-state index contributed by atoms with van der Waals surface area (Å²) >= 11 is 0. The van der Waals surface area contributed by atoms with Gasteiger partial charge in [-0.1, -0.05) is 48.5 Å². The number of nitrogens with two attached hydrogens (primary N) is 1. The Hall–Kier alpha value is -1.84. The van der Waals surface area contributed by atoms with E-state index in [2.05, 4.69) is 35.2 Å². The van der Waals surface area contributed by atoms with E-state index in [9.17, 15) is 5.11 Å². The molecule has 3 N–H and O–H groups in total. The molecule has 0 radical (unpaired) electrons. The molecule has 0 spiro atoms. The molecule has 1 aliphatic heterocycles. The summed E-state index contributed by atoms with van der Waals surface area (Å²) in [7, 11) is 0. The van der Waals surface area contributed by atoms with Gasteiger partial charge in [0.1, 0.15) is 0 Å². The molecular formula is C19H24N2O. The lowest BCUT2D eigenvalue weighted by Gasteiger charge is -2.36. The summed E-state index contributed by atoms with van der Waals surface area (Å²) in [6.45, 7) is 2.83. The van der Waals surface area contributed by atoms with Crippen LogP contribution in [0.2, 0.25) is 0 Å². The number of para-hydroxylation sites is 1. The van der Waals surface area contributed by atoms with Gasteiger partial charge in [0.15, 0.2) is 0 Å². The van der Waals surface area contributed by atoms with Gasteiger partial charge in [0.25, 0.3) is 0 Å². The van der Waals surface area contributed by atoms with Gasteiger partial charge in [0.05, 0.1) is 6.10 Å². The minimum absolute atomic E-state index is 0.230. The molecule has 0 aromatic heterocycles. The third-order valence-corrected chi connectivity index (χ3v) is 4.56. The number of aliphatic hydroxyl groups is 1. The highest BCUT2D eigenvalue weighted by Gasteiger charge is 2.28. The average molecular weight is 296 g/mol. The molecule has 3 rings (SSSR count). The van der Waals surface area contributed by atoms with Crippen molar-refractivity contribution in [1.82, 2.24) is 4.90 Å². The van der Waals surface area contributed by atoms with Crippen LogP contribution in [0.15, 0.2) is 54.6 Å². The zero-order chi connectivity index (χ0) is 15.4. The Kier molecular flexibility index (Phi) is 4.76. The molecule has 116 valence electrons. The number of benzene rings is 2. The van der Waals surface area contributed by atoms with Crippen molar-refractivity contribution < 1.29 is 5.11 Å². The number of hydrogen-bond donors (Lipinski definition) is 2. The largest absolute Gasteiger partial charge is 0.399 e. The van der Waals surface area contributed by atoms with Crippen molar-refractivity contribution in [1.29, 1.82) is 0 Å². The Morgan fingerprint density at radius 1 is 1.05 bits per heavy atom. The van der Waals surface area contributed by atoms with E-state index in [1.165, 1.54) is 5.56 Å². The third-order valence-electron chi connectivity index (χ3n) is 4.56. The van der Waals surface area contributed by atoms with Crippen LogP contribution in [-0.2, 0) is 13.0 Å². The zero-order valence-corrected chi connectivity index (χ0v) is 12.9. The fraction of sp³-hybridized carbons (Fsp3) is 0.368. The van der Waals surface area contributed by atoms with Crippen LogP contribution in [-0.4, -0.2) is 29.2 Å². The topological polar surface area (TPSA) is 49.5 Å². The molecule has 0 amide bonds. The predicted octanol–water partition coefficient (Wildman–Crippen LogP) is 2.69. The number of likely N-dealkylation sites (tertiary alicyclic amines) is 1. The lowest BCUT2D eigenvalue weighted by atomic mass is 9.88. The maximum Gasteiger partial charge on any atom is 0.0596 e. The average Bonchev–Trinajstić information content (AvgIpc) is 2.54. The third kappa shape index (κ3) is 3.67. The Labute approximate surface area is 132 Å². The fourth-order valence-electron chi connectivity index (χ4n) is 3.28. The Morgan fingerprint density at radius 2 is 1.77 bits per heavy atom. The molecule has 0 saturated carbocycles. The van der Waals surface area contributed by atoms with E-state index in [4.69, 9.17) is 5.73 Å². The molecule has 2 aromatic carbocycles. The Bertz CT molecular complexity index is 599. The van der Waals surface area contributed by atoms with Crippen LogP contribution in [0.3, 0.4) is 0 Å². The maximum absolute atomic E-state index is 10.3. The molecule has 2 aromatic rings. The molecule has 22 heavy (non-hydrogen) atoms. The van der Waals surface area contributed by atoms with Gasteiger partial charge in [-0.25, -0.2) is 0 Å². The smallest absolute Gasteiger partial charge is 0.0596 e. The van der Waals surface area contributed by atoms with Crippen molar-refractivity contribution in [3.63, 3.8) is 0 Å². The van der Waals surface area contributed by atoms with E-state index < -0.39 is 0 Å². The van der Waals surface area contributed by atoms with E-state index in [0.717, 1.165) is 43.7 Å². The highest BCUT2D eigenvalue weighted by molar-refractivity contribution is 5.46. The molecule has 1 fully saturated rings. The molecule has 2 atom stereocenters. The first-order chi connectivity index (χ1) is 10.7. The van der Waals surface area contributed by atoms with Crippen molar-refractivity contribution in [3.05, 3.63) is 65.7 Å². The van der Waals surface area contributed by atoms with Crippen LogP contribution in [0, 0.1) is 5.92 Å². The summed E-state index contributed by atoms with van der Waals surface area (Å²) < 4.78 is 0. The summed E-state index contributed by atoms with van der Waals surface area (Å²) in [6, 6.07) is 18.5. The number of rotatable bonds is 4. The van der Waals surface area contributed by atoms with E-state index in [1.54, 1.807) is 0 Å². The van der Waals surface area contributed by atoms with Gasteiger partial charge in [-0.15, -0.1) is 0 Å². The molecule has 1 heterocycles. The summed E-state index contributed by atoms with van der Waals surface area (Å²) in [5.41, 5.74) is 9.35. The lowest BCUT2D eigenvalue weighted by Crippen LogP contribution is -2.43. The Morgan fingerprint density at radius 3 is 2.55 bits per heavy atom. The van der Waals surface area contributed by atoms with Gasteiger partial charge < -0.3 is 10.8 Å². The van der Waals surface area contributed by atoms with Crippen LogP contribution < -0.4 is 5.73 Å². The van der Waals surface area contributed by atoms with Gasteiger partial charge >= 0.3 is 0 Å². The maximum atomic E-state index is 10.3. The van der Waals surface area contributed by atoms with Crippen LogP contribution in [0.4, 0.5) is 5.69 Å². The number of piperidine rings is 1. The SMILES string of the molecule is Nc1ccccc1CC1CN(Cc2ccccc2)CCC1O. The first-order valence-electron chi connectivity index (χ1n) is 8.00. The van der Waals surface area contributed by atoms with Crippen LogP contribution in [0.1, 0.15) is 17.5 Å². The summed E-state index contributed by atoms with van der Waals surface area (Å²) in [5, 5.41) is 10.3. The van der Waals surface area contributed by atoms with Gasteiger partial charge in [-0.3, -0.25) is 4.90 Å². The molecule has 0 aliphatic carbocycles. The summed E-state index contributed by atoms with van der Waals surface area (Å²) in [6.07, 6.45) is 1.45. The molecule has 0 bridgehead atoms.